The summed E-state index contributed by atoms with van der Waals surface area (Å²) in [5.41, 5.74) is 1.80. The maximum absolute atomic E-state index is 2.44. The largest absolute Gasteiger partial charge is 0.0845 e. The van der Waals surface area contributed by atoms with E-state index in [0.717, 1.165) is 17.8 Å². The first kappa shape index (κ1) is 11.3. The van der Waals surface area contributed by atoms with Gasteiger partial charge >= 0.3 is 0 Å². The lowest BCUT2D eigenvalue weighted by Crippen LogP contribution is -2.13. The molecule has 3 aliphatic rings. The SMILES string of the molecule is C1=CC=C2C3CCC(C3)C2CCCCCC=C1. The van der Waals surface area contributed by atoms with Crippen LogP contribution < -0.4 is 0 Å². The average molecular weight is 228 g/mol. The first-order chi connectivity index (χ1) is 8.45. The molecule has 17 heavy (non-hydrogen) atoms. The van der Waals surface area contributed by atoms with Crippen LogP contribution in [0.2, 0.25) is 0 Å². The van der Waals surface area contributed by atoms with Crippen molar-refractivity contribution >= 4 is 0 Å². The highest BCUT2D eigenvalue weighted by Gasteiger charge is 2.42. The first-order valence-corrected chi connectivity index (χ1v) is 7.48. The Morgan fingerprint density at radius 2 is 1.88 bits per heavy atom. The minimum absolute atomic E-state index is 0.946. The van der Waals surface area contributed by atoms with Crippen LogP contribution >= 0.6 is 0 Å². The summed E-state index contributed by atoms with van der Waals surface area (Å²) >= 11 is 0. The van der Waals surface area contributed by atoms with E-state index >= 15 is 0 Å². The molecule has 0 nitrogen and oxygen atoms in total. The van der Waals surface area contributed by atoms with Gasteiger partial charge in [-0.15, -0.1) is 0 Å². The smallest absolute Gasteiger partial charge is 0.0169 e. The van der Waals surface area contributed by atoms with Crippen molar-refractivity contribution in [3.05, 3.63) is 36.0 Å². The van der Waals surface area contributed by atoms with E-state index in [1.807, 2.05) is 0 Å². The Bertz CT molecular complexity index is 345. The van der Waals surface area contributed by atoms with Gasteiger partial charge in [-0.25, -0.2) is 0 Å². The first-order valence-electron chi connectivity index (χ1n) is 7.48. The fourth-order valence-corrected chi connectivity index (χ4v) is 4.13. The molecule has 0 heteroatoms. The summed E-state index contributed by atoms with van der Waals surface area (Å²) < 4.78 is 0. The lowest BCUT2D eigenvalue weighted by atomic mass is 9.80. The van der Waals surface area contributed by atoms with E-state index < -0.39 is 0 Å². The van der Waals surface area contributed by atoms with Gasteiger partial charge in [0.1, 0.15) is 0 Å². The average Bonchev–Trinajstić information content (AvgIpc) is 2.89. The van der Waals surface area contributed by atoms with Crippen LogP contribution in [0.15, 0.2) is 36.0 Å². The molecule has 0 saturated heterocycles. The van der Waals surface area contributed by atoms with Crippen molar-refractivity contribution in [2.45, 2.75) is 51.4 Å². The van der Waals surface area contributed by atoms with Crippen molar-refractivity contribution in [3.63, 3.8) is 0 Å². The molecule has 0 heterocycles. The maximum Gasteiger partial charge on any atom is -0.0169 e. The summed E-state index contributed by atoms with van der Waals surface area (Å²) in [5.74, 6) is 2.93. The third kappa shape index (κ3) is 2.41. The van der Waals surface area contributed by atoms with Crippen LogP contribution in [0.1, 0.15) is 51.4 Å². The molecule has 3 rings (SSSR count). The van der Waals surface area contributed by atoms with Crippen molar-refractivity contribution in [2.75, 3.05) is 0 Å². The summed E-state index contributed by atoms with van der Waals surface area (Å²) in [5, 5.41) is 0. The minimum Gasteiger partial charge on any atom is -0.0845 e. The van der Waals surface area contributed by atoms with E-state index in [2.05, 4.69) is 30.4 Å². The topological polar surface area (TPSA) is 0 Å². The van der Waals surface area contributed by atoms with Crippen LogP contribution in [0.4, 0.5) is 0 Å². The molecule has 0 aromatic heterocycles. The molecule has 0 spiro atoms. The molecule has 0 radical (unpaired) electrons. The van der Waals surface area contributed by atoms with Gasteiger partial charge in [0.05, 0.1) is 0 Å². The van der Waals surface area contributed by atoms with Crippen molar-refractivity contribution in [1.82, 2.24) is 0 Å². The second-order valence-electron chi connectivity index (χ2n) is 5.99. The van der Waals surface area contributed by atoms with E-state index in [0.29, 0.717) is 0 Å². The summed E-state index contributed by atoms with van der Waals surface area (Å²) in [7, 11) is 0. The van der Waals surface area contributed by atoms with Crippen molar-refractivity contribution in [2.24, 2.45) is 17.8 Å². The zero-order valence-electron chi connectivity index (χ0n) is 10.8. The fourth-order valence-electron chi connectivity index (χ4n) is 4.13. The third-order valence-electron chi connectivity index (χ3n) is 4.97. The van der Waals surface area contributed by atoms with Crippen molar-refractivity contribution in [1.29, 1.82) is 0 Å². The van der Waals surface area contributed by atoms with E-state index in [-0.39, 0.29) is 0 Å². The van der Waals surface area contributed by atoms with Gasteiger partial charge < -0.3 is 0 Å². The molecule has 3 atom stereocenters. The van der Waals surface area contributed by atoms with Gasteiger partial charge in [0.2, 0.25) is 0 Å². The maximum atomic E-state index is 2.44. The third-order valence-corrected chi connectivity index (χ3v) is 4.97. The van der Waals surface area contributed by atoms with Crippen molar-refractivity contribution < 1.29 is 0 Å². The summed E-state index contributed by atoms with van der Waals surface area (Å²) in [6, 6.07) is 0. The van der Waals surface area contributed by atoms with Gasteiger partial charge in [-0.3, -0.25) is 0 Å². The lowest BCUT2D eigenvalue weighted by molar-refractivity contribution is 0.369. The minimum atomic E-state index is 0.946. The Morgan fingerprint density at radius 3 is 2.88 bits per heavy atom. The summed E-state index contributed by atoms with van der Waals surface area (Å²) in [6.45, 7) is 0. The monoisotopic (exact) mass is 228 g/mol. The highest BCUT2D eigenvalue weighted by Crippen LogP contribution is 2.53. The molecule has 2 fully saturated rings. The predicted octanol–water partition coefficient (Wildman–Crippen LogP) is 5.04. The molecule has 2 saturated carbocycles. The number of rotatable bonds is 0. The molecule has 3 aliphatic carbocycles. The van der Waals surface area contributed by atoms with Gasteiger partial charge in [0.25, 0.3) is 0 Å². The predicted molar refractivity (Wildman–Crippen MR) is 73.8 cm³/mol. The van der Waals surface area contributed by atoms with Crippen LogP contribution in [0.5, 0.6) is 0 Å². The molecule has 0 aliphatic heterocycles. The van der Waals surface area contributed by atoms with Gasteiger partial charge in [0, 0.05) is 0 Å². The Labute approximate surface area is 105 Å². The fraction of sp³-hybridized carbons (Fsp3) is 0.647. The normalized spacial score (nSPS) is 37.2. The molecule has 0 aromatic rings. The number of allylic oxidation sites excluding steroid dienone is 6. The summed E-state index contributed by atoms with van der Waals surface area (Å²) in [6.07, 6.45) is 22.9. The molecule has 2 bridgehead atoms. The second kappa shape index (κ2) is 5.25. The molecule has 0 aromatic carbocycles. The number of hydrogen-bond acceptors (Lipinski definition) is 0. The van der Waals surface area contributed by atoms with E-state index in [4.69, 9.17) is 0 Å². The van der Waals surface area contributed by atoms with Crippen LogP contribution in [0, 0.1) is 17.8 Å². The molecular formula is C17H24. The van der Waals surface area contributed by atoms with Gasteiger partial charge in [-0.2, -0.15) is 0 Å². The van der Waals surface area contributed by atoms with Crippen LogP contribution in [-0.2, 0) is 0 Å². The number of hydrogen-bond donors (Lipinski definition) is 0. The molecular weight excluding hydrogens is 204 g/mol. The molecule has 3 unspecified atom stereocenters. The number of fused-ring (bicyclic) bond motifs is 5. The quantitative estimate of drug-likeness (QED) is 0.545. The molecule has 92 valence electrons. The van der Waals surface area contributed by atoms with E-state index in [1.165, 1.54) is 51.4 Å². The van der Waals surface area contributed by atoms with Crippen LogP contribution in [0.25, 0.3) is 0 Å². The highest BCUT2D eigenvalue weighted by molar-refractivity contribution is 5.26. The van der Waals surface area contributed by atoms with Crippen LogP contribution in [-0.4, -0.2) is 0 Å². The van der Waals surface area contributed by atoms with Crippen LogP contribution in [0.3, 0.4) is 0 Å². The van der Waals surface area contributed by atoms with Gasteiger partial charge in [0.15, 0.2) is 0 Å². The lowest BCUT2D eigenvalue weighted by Gasteiger charge is -2.25. The molecule has 0 amide bonds. The summed E-state index contributed by atoms with van der Waals surface area (Å²) in [4.78, 5) is 0. The zero-order valence-corrected chi connectivity index (χ0v) is 10.8. The van der Waals surface area contributed by atoms with Gasteiger partial charge in [-0.05, 0) is 56.3 Å². The van der Waals surface area contributed by atoms with E-state index in [9.17, 15) is 0 Å². The standard InChI is InChI=1S/C17H24/c1-2-4-6-8-10-17-15-12-11-14(13-15)16(17)9-7-5-3-1/h1,3,5,7,9,14-15,17H,2,4,6,8,10-13H2. The van der Waals surface area contributed by atoms with E-state index in [1.54, 1.807) is 5.57 Å². The Kier molecular flexibility index (Phi) is 3.49. The Hall–Kier alpha value is -0.780. The van der Waals surface area contributed by atoms with Gasteiger partial charge in [-0.1, -0.05) is 48.8 Å². The Balaban J connectivity index is 1.78. The zero-order chi connectivity index (χ0) is 11.5. The highest BCUT2D eigenvalue weighted by atomic mass is 14.5. The Morgan fingerprint density at radius 1 is 0.882 bits per heavy atom. The molecule has 0 N–H and O–H groups in total. The van der Waals surface area contributed by atoms with Crippen molar-refractivity contribution in [3.8, 4) is 0 Å². The second-order valence-corrected chi connectivity index (χ2v) is 5.99.